The number of imidazole rings is 1. The fourth-order valence-corrected chi connectivity index (χ4v) is 6.66. The van der Waals surface area contributed by atoms with Gasteiger partial charge in [-0.3, -0.25) is 9.09 Å². The molecule has 1 aliphatic rings. The Hall–Kier alpha value is -1.58. The topological polar surface area (TPSA) is 282 Å². The van der Waals surface area contributed by atoms with Gasteiger partial charge in [0.15, 0.2) is 17.5 Å². The van der Waals surface area contributed by atoms with E-state index in [1.807, 2.05) is 5.92 Å². The van der Waals surface area contributed by atoms with E-state index in [1.54, 1.807) is 0 Å². The van der Waals surface area contributed by atoms with Crippen molar-refractivity contribution in [3.05, 3.63) is 11.0 Å². The number of phosphoric ester groups is 1. The Labute approximate surface area is 200 Å². The van der Waals surface area contributed by atoms with Gasteiger partial charge in [0.2, 0.25) is 5.95 Å². The minimum atomic E-state index is -5.79. The van der Waals surface area contributed by atoms with Gasteiger partial charge in [-0.15, -0.1) is 6.42 Å². The van der Waals surface area contributed by atoms with Gasteiger partial charge in [-0.2, -0.15) is 13.6 Å². The summed E-state index contributed by atoms with van der Waals surface area (Å²) in [5.41, 5.74) is 3.29. The molecule has 3 rings (SSSR count). The zero-order valence-corrected chi connectivity index (χ0v) is 20.7. The van der Waals surface area contributed by atoms with Crippen molar-refractivity contribution < 1.29 is 61.4 Å². The summed E-state index contributed by atoms with van der Waals surface area (Å²) in [5.74, 6) is 1.84. The van der Waals surface area contributed by atoms with Crippen LogP contribution in [0.3, 0.4) is 0 Å². The number of nitrogen functional groups attached to an aromatic ring is 1. The fraction of sp³-hybridized carbons (Fsp3) is 0.462. The maximum absolute atomic E-state index is 12.1. The zero-order valence-electron chi connectivity index (χ0n) is 17.2. The lowest BCUT2D eigenvalue weighted by molar-refractivity contribution is -0.0831. The number of anilines is 1. The second kappa shape index (κ2) is 9.38. The van der Waals surface area contributed by atoms with Crippen molar-refractivity contribution in [3.63, 3.8) is 0 Å². The molecule has 0 bridgehead atoms. The van der Waals surface area contributed by atoms with Gasteiger partial charge in [0.05, 0.1) is 12.4 Å². The lowest BCUT2D eigenvalue weighted by atomic mass is 9.93. The van der Waals surface area contributed by atoms with E-state index < -0.39 is 53.6 Å². The first-order valence-corrected chi connectivity index (χ1v) is 13.9. The molecule has 1 fully saturated rings. The van der Waals surface area contributed by atoms with Crippen LogP contribution >= 0.6 is 35.7 Å². The summed E-state index contributed by atoms with van der Waals surface area (Å²) in [6, 6.07) is 0. The van der Waals surface area contributed by atoms with Gasteiger partial charge >= 0.3 is 23.5 Å². The molecule has 1 saturated heterocycles. The number of aliphatic hydroxyl groups is 2. The molecule has 194 valence electrons. The molecule has 0 saturated carbocycles. The number of terminal acetylenes is 1. The number of hydrogen-bond acceptors (Lipinski definition) is 13. The molecule has 9 N–H and O–H groups in total. The number of aromatic nitrogens is 4. The highest BCUT2D eigenvalue weighted by Gasteiger charge is 2.58. The molecule has 7 atom stereocenters. The van der Waals surface area contributed by atoms with E-state index in [9.17, 15) is 33.7 Å². The number of H-pyrrole nitrogens is 1. The predicted molar refractivity (Wildman–Crippen MR) is 115 cm³/mol. The summed E-state index contributed by atoms with van der Waals surface area (Å²) in [5, 5.41) is 21.6. The van der Waals surface area contributed by atoms with Gasteiger partial charge in [0.1, 0.15) is 22.4 Å². The van der Waals surface area contributed by atoms with E-state index in [0.29, 0.717) is 0 Å². The van der Waals surface area contributed by atoms with Crippen LogP contribution in [0.5, 0.6) is 0 Å². The maximum atomic E-state index is 12.1. The largest absolute Gasteiger partial charge is 0.490 e. The number of nitrogens with zero attached hydrogens (tertiary/aromatic N) is 3. The Morgan fingerprint density at radius 1 is 1.31 bits per heavy atom. The van der Waals surface area contributed by atoms with Crippen molar-refractivity contribution in [2.24, 2.45) is 0 Å². The number of aliphatic hydroxyl groups excluding tert-OH is 1. The third-order valence-electron chi connectivity index (χ3n) is 4.54. The second-order valence-corrected chi connectivity index (χ2v) is 11.8. The van der Waals surface area contributed by atoms with Crippen LogP contribution in [-0.2, 0) is 31.6 Å². The van der Waals surface area contributed by atoms with Crippen molar-refractivity contribution in [2.75, 3.05) is 5.73 Å². The molecule has 2 aromatic rings. The van der Waals surface area contributed by atoms with Gasteiger partial charge in [-0.05, 0) is 6.92 Å². The number of aromatic amines is 1. The number of rotatable bonds is 8. The van der Waals surface area contributed by atoms with Crippen LogP contribution in [0, 0.1) is 17.0 Å². The molecule has 22 heteroatoms. The minimum Gasteiger partial charge on any atom is -0.386 e. The monoisotopic (exact) mass is 577 g/mol. The number of nitrogens with one attached hydrogen (secondary N) is 1. The number of hydrogen-bond donors (Lipinski definition) is 8. The van der Waals surface area contributed by atoms with Crippen LogP contribution in [-0.4, -0.2) is 73.2 Å². The molecule has 18 nitrogen and oxygen atoms in total. The third-order valence-corrected chi connectivity index (χ3v) is 8.76. The highest BCUT2D eigenvalue weighted by atomic mass is 32.1. The van der Waals surface area contributed by atoms with Crippen molar-refractivity contribution in [1.29, 1.82) is 0 Å². The molecule has 1 aliphatic heterocycles. The van der Waals surface area contributed by atoms with E-state index in [4.69, 9.17) is 38.9 Å². The Morgan fingerprint density at radius 3 is 2.51 bits per heavy atom. The molecule has 0 radical (unpaired) electrons. The van der Waals surface area contributed by atoms with Crippen molar-refractivity contribution >= 4 is 52.8 Å². The van der Waals surface area contributed by atoms with E-state index in [0.717, 1.165) is 17.8 Å². The molecular formula is C13H18N5O13P3S. The molecule has 35 heavy (non-hydrogen) atoms. The van der Waals surface area contributed by atoms with Gasteiger partial charge in [0.25, 0.3) is 0 Å². The summed E-state index contributed by atoms with van der Waals surface area (Å²) in [4.78, 5) is 46.8. The lowest BCUT2D eigenvalue weighted by Crippen LogP contribution is -2.47. The first-order valence-electron chi connectivity index (χ1n) is 8.97. The summed E-state index contributed by atoms with van der Waals surface area (Å²) >= 11 is 5.10. The van der Waals surface area contributed by atoms with E-state index in [2.05, 4.69) is 28.1 Å². The second-order valence-electron chi connectivity index (χ2n) is 7.04. The van der Waals surface area contributed by atoms with E-state index in [-0.39, 0.29) is 21.8 Å². The summed E-state index contributed by atoms with van der Waals surface area (Å²) in [7, 11) is -17.0. The summed E-state index contributed by atoms with van der Waals surface area (Å²) in [6.07, 6.45) is -0.454. The number of fused-ring (bicyclic) bond motifs is 1. The summed E-state index contributed by atoms with van der Waals surface area (Å²) < 4.78 is 53.1. The van der Waals surface area contributed by atoms with Crippen LogP contribution < -0.4 is 5.73 Å². The first kappa shape index (κ1) is 28.0. The van der Waals surface area contributed by atoms with Crippen molar-refractivity contribution in [1.82, 2.24) is 19.5 Å². The molecule has 0 amide bonds. The zero-order chi connectivity index (χ0) is 26.6. The Kier molecular flexibility index (Phi) is 7.50. The summed E-state index contributed by atoms with van der Waals surface area (Å²) in [6.45, 7) is 1.03. The highest BCUT2D eigenvalue weighted by Crippen LogP contribution is 2.66. The Balaban J connectivity index is 1.89. The minimum absolute atomic E-state index is 0.00156. The Bertz CT molecular complexity index is 1390. The lowest BCUT2D eigenvalue weighted by Gasteiger charge is -2.27. The van der Waals surface area contributed by atoms with Gasteiger partial charge in [0, 0.05) is 0 Å². The molecule has 2 aromatic heterocycles. The maximum Gasteiger partial charge on any atom is 0.490 e. The number of phosphoric acid groups is 3. The van der Waals surface area contributed by atoms with Crippen molar-refractivity contribution in [2.45, 2.75) is 37.1 Å². The normalized spacial score (nSPS) is 29.4. The average Bonchev–Trinajstić information content (AvgIpc) is 3.18. The fourth-order valence-electron chi connectivity index (χ4n) is 3.21. The Morgan fingerprint density at radius 2 is 1.94 bits per heavy atom. The molecule has 3 unspecified atom stereocenters. The van der Waals surface area contributed by atoms with Crippen LogP contribution in [0.4, 0.5) is 5.95 Å². The number of ether oxygens (including phenoxy) is 1. The van der Waals surface area contributed by atoms with Gasteiger partial charge < -0.3 is 45.2 Å². The smallest absolute Gasteiger partial charge is 0.386 e. The number of nitrogens with two attached hydrogens (primary N) is 1. The highest BCUT2D eigenvalue weighted by molar-refractivity contribution is 7.71. The average molecular weight is 577 g/mol. The molecular weight excluding hydrogens is 559 g/mol. The van der Waals surface area contributed by atoms with Crippen LogP contribution in [0.15, 0.2) is 6.33 Å². The first-order chi connectivity index (χ1) is 15.9. The molecule has 0 aromatic carbocycles. The standard InChI is InChI=1S/C13H18N5O13P3S/c1-3-13(20)8(19)7(5(2)29-33(24,25)31-34(26,27)30-32(21,22)23)28-11(13)18-4-15-6-9(18)16-12(14)17-10(6)35/h1,4-5,7-8,11,19-20H,2H3,(H,24,25)(H,26,27)(H2,21,22,23)(H3,14,16,17,35)/t5-,7-,8+,11-,13?/m1/s1. The predicted octanol–water partition coefficient (Wildman–Crippen LogP) is -0.575. The van der Waals surface area contributed by atoms with Gasteiger partial charge in [-0.25, -0.2) is 18.7 Å². The quantitative estimate of drug-likeness (QED) is 0.111. The third kappa shape index (κ3) is 5.88. The molecule has 0 aliphatic carbocycles. The SMILES string of the molecule is C#CC1(O)[C@@H](O)[C@@H]([C@@H](C)OP(=O)(O)OP(=O)(O)OP(=O)(O)O)O[C@H]1n1cnc2c(=S)[nH]c(N)nc21. The van der Waals surface area contributed by atoms with Crippen LogP contribution in [0.2, 0.25) is 0 Å². The van der Waals surface area contributed by atoms with E-state index >= 15 is 0 Å². The van der Waals surface area contributed by atoms with Crippen molar-refractivity contribution in [3.8, 4) is 12.3 Å². The van der Waals surface area contributed by atoms with Crippen LogP contribution in [0.1, 0.15) is 13.2 Å². The van der Waals surface area contributed by atoms with E-state index in [1.165, 1.54) is 0 Å². The molecule has 0 spiro atoms. The van der Waals surface area contributed by atoms with Gasteiger partial charge in [-0.1, -0.05) is 18.1 Å². The molecule has 3 heterocycles. The van der Waals surface area contributed by atoms with Crippen LogP contribution in [0.25, 0.3) is 11.2 Å².